The van der Waals surface area contributed by atoms with Crippen molar-refractivity contribution in [1.29, 1.82) is 0 Å². The number of ether oxygens (including phenoxy) is 1. The van der Waals surface area contributed by atoms with Crippen molar-refractivity contribution in [1.82, 2.24) is 15.0 Å². The van der Waals surface area contributed by atoms with Gasteiger partial charge in [0.05, 0.1) is 7.11 Å². The lowest BCUT2D eigenvalue weighted by atomic mass is 10.3. The molecule has 0 unspecified atom stereocenters. The molecule has 0 bridgehead atoms. The van der Waals surface area contributed by atoms with Crippen LogP contribution in [-0.2, 0) is 0 Å². The predicted molar refractivity (Wildman–Crippen MR) is 70.1 cm³/mol. The van der Waals surface area contributed by atoms with Crippen LogP contribution in [0.15, 0.2) is 0 Å². The fourth-order valence-electron chi connectivity index (χ4n) is 1.51. The number of anilines is 2. The molecule has 0 aliphatic heterocycles. The third-order valence-electron chi connectivity index (χ3n) is 2.45. The lowest BCUT2D eigenvalue weighted by Crippen LogP contribution is -2.34. The normalized spacial score (nSPS) is 10.6. The van der Waals surface area contributed by atoms with Crippen molar-refractivity contribution in [3.63, 3.8) is 0 Å². The molecule has 0 radical (unpaired) electrons. The van der Waals surface area contributed by atoms with Gasteiger partial charge < -0.3 is 20.1 Å². The first-order valence-corrected chi connectivity index (χ1v) is 5.97. The standard InChI is InChI=1S/C11H21N5O2/c1-8(2)16(6-5-7-17)10-13-9(12-3)14-11(15-10)18-4/h8,17H,5-7H2,1-4H3,(H,12,13,14,15). The molecule has 0 fully saturated rings. The van der Waals surface area contributed by atoms with Gasteiger partial charge in [0.1, 0.15) is 0 Å². The largest absolute Gasteiger partial charge is 0.467 e. The number of aliphatic hydroxyl groups excluding tert-OH is 1. The fraction of sp³-hybridized carbons (Fsp3) is 0.727. The van der Waals surface area contributed by atoms with Gasteiger partial charge >= 0.3 is 6.01 Å². The zero-order chi connectivity index (χ0) is 13.5. The van der Waals surface area contributed by atoms with E-state index in [4.69, 9.17) is 9.84 Å². The summed E-state index contributed by atoms with van der Waals surface area (Å²) >= 11 is 0. The Kier molecular flexibility index (Phi) is 5.57. The van der Waals surface area contributed by atoms with Crippen LogP contribution in [0, 0.1) is 0 Å². The molecule has 0 aliphatic rings. The number of hydrogen-bond acceptors (Lipinski definition) is 7. The molecule has 102 valence electrons. The van der Waals surface area contributed by atoms with E-state index in [-0.39, 0.29) is 18.7 Å². The van der Waals surface area contributed by atoms with E-state index >= 15 is 0 Å². The van der Waals surface area contributed by atoms with E-state index in [0.717, 1.165) is 0 Å². The number of hydrogen-bond donors (Lipinski definition) is 2. The van der Waals surface area contributed by atoms with Crippen LogP contribution < -0.4 is 15.0 Å². The van der Waals surface area contributed by atoms with Crippen LogP contribution in [0.3, 0.4) is 0 Å². The quantitative estimate of drug-likeness (QED) is 0.734. The summed E-state index contributed by atoms with van der Waals surface area (Å²) < 4.78 is 5.05. The van der Waals surface area contributed by atoms with E-state index < -0.39 is 0 Å². The maximum Gasteiger partial charge on any atom is 0.322 e. The predicted octanol–water partition coefficient (Wildman–Crippen LogP) is 0.519. The number of aromatic nitrogens is 3. The van der Waals surface area contributed by atoms with Crippen molar-refractivity contribution >= 4 is 11.9 Å². The smallest absolute Gasteiger partial charge is 0.322 e. The molecule has 0 saturated heterocycles. The second kappa shape index (κ2) is 6.95. The summed E-state index contributed by atoms with van der Waals surface area (Å²) in [6.07, 6.45) is 0.668. The lowest BCUT2D eigenvalue weighted by molar-refractivity contribution is 0.288. The molecule has 0 aliphatic carbocycles. The number of nitrogens with one attached hydrogen (secondary N) is 1. The molecule has 1 aromatic rings. The van der Waals surface area contributed by atoms with Crippen LogP contribution in [0.5, 0.6) is 6.01 Å². The highest BCUT2D eigenvalue weighted by molar-refractivity contribution is 5.38. The van der Waals surface area contributed by atoms with E-state index in [2.05, 4.69) is 20.3 Å². The monoisotopic (exact) mass is 255 g/mol. The first-order valence-electron chi connectivity index (χ1n) is 5.97. The Bertz CT molecular complexity index is 350. The van der Waals surface area contributed by atoms with E-state index in [1.54, 1.807) is 7.05 Å². The van der Waals surface area contributed by atoms with Gasteiger partial charge in [0, 0.05) is 26.2 Å². The highest BCUT2D eigenvalue weighted by atomic mass is 16.5. The third-order valence-corrected chi connectivity index (χ3v) is 2.45. The lowest BCUT2D eigenvalue weighted by Gasteiger charge is -2.26. The summed E-state index contributed by atoms with van der Waals surface area (Å²) in [6.45, 7) is 4.92. The number of methoxy groups -OCH3 is 1. The van der Waals surface area contributed by atoms with Crippen LogP contribution in [0.4, 0.5) is 11.9 Å². The summed E-state index contributed by atoms with van der Waals surface area (Å²) in [5.74, 6) is 1.01. The summed E-state index contributed by atoms with van der Waals surface area (Å²) in [5, 5.41) is 11.8. The zero-order valence-corrected chi connectivity index (χ0v) is 11.3. The van der Waals surface area contributed by atoms with Gasteiger partial charge in [0.15, 0.2) is 0 Å². The van der Waals surface area contributed by atoms with Crippen molar-refractivity contribution in [2.24, 2.45) is 0 Å². The van der Waals surface area contributed by atoms with Crippen LogP contribution in [-0.4, -0.2) is 53.4 Å². The van der Waals surface area contributed by atoms with Crippen molar-refractivity contribution < 1.29 is 9.84 Å². The van der Waals surface area contributed by atoms with E-state index in [0.29, 0.717) is 24.9 Å². The SMILES string of the molecule is CNc1nc(OC)nc(N(CCCO)C(C)C)n1. The third kappa shape index (κ3) is 3.69. The van der Waals surface area contributed by atoms with Crippen molar-refractivity contribution in [3.05, 3.63) is 0 Å². The summed E-state index contributed by atoms with van der Waals surface area (Å²) in [7, 11) is 3.26. The van der Waals surface area contributed by atoms with Crippen LogP contribution in [0.1, 0.15) is 20.3 Å². The average Bonchev–Trinajstić information content (AvgIpc) is 2.38. The number of nitrogens with zero attached hydrogens (tertiary/aromatic N) is 4. The molecule has 7 nitrogen and oxygen atoms in total. The topological polar surface area (TPSA) is 83.4 Å². The first kappa shape index (κ1) is 14.4. The molecule has 2 N–H and O–H groups in total. The van der Waals surface area contributed by atoms with Gasteiger partial charge in [-0.1, -0.05) is 0 Å². The highest BCUT2D eigenvalue weighted by Gasteiger charge is 2.16. The zero-order valence-electron chi connectivity index (χ0n) is 11.3. The second-order valence-corrected chi connectivity index (χ2v) is 4.06. The number of aliphatic hydroxyl groups is 1. The molecular weight excluding hydrogens is 234 g/mol. The van der Waals surface area contributed by atoms with Gasteiger partial charge in [0.25, 0.3) is 0 Å². The molecular formula is C11H21N5O2. The number of rotatable bonds is 7. The molecule has 1 rings (SSSR count). The van der Waals surface area contributed by atoms with E-state index in [9.17, 15) is 0 Å². The summed E-state index contributed by atoms with van der Waals surface area (Å²) in [4.78, 5) is 14.6. The summed E-state index contributed by atoms with van der Waals surface area (Å²) in [5.41, 5.74) is 0. The van der Waals surface area contributed by atoms with Gasteiger partial charge in [-0.05, 0) is 20.3 Å². The Morgan fingerprint density at radius 1 is 1.33 bits per heavy atom. The minimum atomic E-state index is 0.143. The van der Waals surface area contributed by atoms with Crippen LogP contribution >= 0.6 is 0 Å². The van der Waals surface area contributed by atoms with Crippen molar-refractivity contribution in [2.45, 2.75) is 26.3 Å². The van der Waals surface area contributed by atoms with Gasteiger partial charge in [-0.3, -0.25) is 0 Å². The Morgan fingerprint density at radius 2 is 2.06 bits per heavy atom. The van der Waals surface area contributed by atoms with Gasteiger partial charge in [-0.2, -0.15) is 15.0 Å². The van der Waals surface area contributed by atoms with E-state index in [1.165, 1.54) is 7.11 Å². The van der Waals surface area contributed by atoms with Crippen molar-refractivity contribution in [2.75, 3.05) is 37.5 Å². The highest BCUT2D eigenvalue weighted by Crippen LogP contribution is 2.17. The maximum absolute atomic E-state index is 8.93. The van der Waals surface area contributed by atoms with E-state index in [1.807, 2.05) is 18.7 Å². The Labute approximate surface area is 107 Å². The molecule has 1 aromatic heterocycles. The molecule has 7 heteroatoms. The molecule has 0 aromatic carbocycles. The molecule has 0 atom stereocenters. The van der Waals surface area contributed by atoms with Gasteiger partial charge in [-0.25, -0.2) is 0 Å². The van der Waals surface area contributed by atoms with Crippen LogP contribution in [0.25, 0.3) is 0 Å². The minimum Gasteiger partial charge on any atom is -0.467 e. The first-order chi connectivity index (χ1) is 8.62. The average molecular weight is 255 g/mol. The Balaban J connectivity index is 3.02. The molecule has 18 heavy (non-hydrogen) atoms. The van der Waals surface area contributed by atoms with Gasteiger partial charge in [0.2, 0.25) is 11.9 Å². The Morgan fingerprint density at radius 3 is 2.56 bits per heavy atom. The summed E-state index contributed by atoms with van der Waals surface area (Å²) in [6, 6.07) is 0.507. The fourth-order valence-corrected chi connectivity index (χ4v) is 1.51. The van der Waals surface area contributed by atoms with Crippen LogP contribution in [0.2, 0.25) is 0 Å². The second-order valence-electron chi connectivity index (χ2n) is 4.06. The Hall–Kier alpha value is -1.63. The van der Waals surface area contributed by atoms with Crippen molar-refractivity contribution in [3.8, 4) is 6.01 Å². The minimum absolute atomic E-state index is 0.143. The van der Waals surface area contributed by atoms with Gasteiger partial charge in [-0.15, -0.1) is 0 Å². The molecule has 1 heterocycles. The molecule has 0 saturated carbocycles. The molecule has 0 amide bonds. The molecule has 0 spiro atoms. The maximum atomic E-state index is 8.93.